The molecule has 0 rings (SSSR count). The van der Waals surface area contributed by atoms with Crippen LogP contribution in [0.5, 0.6) is 0 Å². The first kappa shape index (κ1) is 43.5. The predicted molar refractivity (Wildman–Crippen MR) is 178 cm³/mol. The summed E-state index contributed by atoms with van der Waals surface area (Å²) in [5.74, 6) is 0. The number of halogens is 1. The van der Waals surface area contributed by atoms with E-state index < -0.39 is 18.4 Å². The summed E-state index contributed by atoms with van der Waals surface area (Å²) in [6, 6.07) is 0. The topological polar surface area (TPSA) is 0 Å². The number of quaternary nitrogens is 1. The van der Waals surface area contributed by atoms with E-state index in [4.69, 9.17) is 0 Å². The van der Waals surface area contributed by atoms with Crippen molar-refractivity contribution in [3.05, 3.63) is 0 Å². The van der Waals surface area contributed by atoms with Crippen molar-refractivity contribution in [2.24, 2.45) is 0 Å². The van der Waals surface area contributed by atoms with Crippen molar-refractivity contribution in [2.75, 3.05) is 27.7 Å². The predicted octanol–water partition coefficient (Wildman–Crippen LogP) is 9.81. The molecule has 0 aromatic carbocycles. The zero-order chi connectivity index (χ0) is 28.1. The van der Waals surface area contributed by atoms with Gasteiger partial charge in [0.05, 0.1) is 27.7 Å². The summed E-state index contributed by atoms with van der Waals surface area (Å²) in [4.78, 5) is 0. The number of hydrogen-bond acceptors (Lipinski definition) is 0. The molecule has 1 nitrogen and oxygen atoms in total. The molecule has 234 valence electrons. The van der Waals surface area contributed by atoms with Gasteiger partial charge in [0, 0.05) is 0 Å². The van der Waals surface area contributed by atoms with E-state index in [-0.39, 0.29) is 12.4 Å². The molecule has 0 N–H and O–H groups in total. The Morgan fingerprint density at radius 2 is 0.579 bits per heavy atom. The first-order chi connectivity index (χ1) is 17.8. The molecule has 0 aromatic rings. The summed E-state index contributed by atoms with van der Waals surface area (Å²) in [5, 5.41) is 0. The van der Waals surface area contributed by atoms with E-state index in [1.807, 2.05) is 0 Å². The quantitative estimate of drug-likeness (QED) is 0.0465. The van der Waals surface area contributed by atoms with Crippen LogP contribution in [0, 0.1) is 0 Å². The third-order valence-corrected chi connectivity index (χ3v) is 24.6. The second-order valence-corrected chi connectivity index (χ2v) is 27.8. The second kappa shape index (κ2) is 32.6. The summed E-state index contributed by atoms with van der Waals surface area (Å²) in [6.45, 7) is 13.1. The second-order valence-electron chi connectivity index (χ2n) is 13.5. The van der Waals surface area contributed by atoms with Gasteiger partial charge in [0.15, 0.2) is 0 Å². The Bertz CT molecular complexity index is 383. The SMILES string of the molecule is CCCCCCCCCCCCCCCC[N+](C)(C)C.CCC[CH2][Sn]([CH2]CCC)([CH2]CCC)[CH2]CCC.[Cl-]. The first-order valence-electron chi connectivity index (χ1n) is 17.6. The van der Waals surface area contributed by atoms with Gasteiger partial charge >= 0.3 is 115 Å². The molecule has 38 heavy (non-hydrogen) atoms. The van der Waals surface area contributed by atoms with E-state index in [0.717, 1.165) is 4.48 Å². The Labute approximate surface area is 255 Å². The molecule has 3 heteroatoms. The Hall–Kier alpha value is 1.05. The monoisotopic (exact) mass is 667 g/mol. The van der Waals surface area contributed by atoms with E-state index in [0.29, 0.717) is 0 Å². The minimum absolute atomic E-state index is 0. The van der Waals surface area contributed by atoms with E-state index in [9.17, 15) is 0 Å². The van der Waals surface area contributed by atoms with Gasteiger partial charge in [-0.05, 0) is 12.8 Å². The van der Waals surface area contributed by atoms with Gasteiger partial charge in [-0.3, -0.25) is 0 Å². The summed E-state index contributed by atoms with van der Waals surface area (Å²) in [5.41, 5.74) is 0. The van der Waals surface area contributed by atoms with Gasteiger partial charge in [-0.1, -0.05) is 84.0 Å². The van der Waals surface area contributed by atoms with Crippen LogP contribution in [0.25, 0.3) is 0 Å². The van der Waals surface area contributed by atoms with Crippen LogP contribution < -0.4 is 12.4 Å². The maximum absolute atomic E-state index is 2.37. The molecule has 0 saturated heterocycles. The van der Waals surface area contributed by atoms with Crippen LogP contribution in [-0.4, -0.2) is 50.5 Å². The van der Waals surface area contributed by atoms with Crippen molar-refractivity contribution in [2.45, 2.75) is 194 Å². The van der Waals surface area contributed by atoms with Crippen LogP contribution in [0.1, 0.15) is 176 Å². The Morgan fingerprint density at radius 3 is 0.816 bits per heavy atom. The largest absolute Gasteiger partial charge is 1.00 e. The van der Waals surface area contributed by atoms with E-state index in [1.165, 1.54) is 148 Å². The minimum Gasteiger partial charge on any atom is -1.00 e. The van der Waals surface area contributed by atoms with Crippen LogP contribution in [0.15, 0.2) is 0 Å². The summed E-state index contributed by atoms with van der Waals surface area (Å²) in [7, 11) is 6.88. The summed E-state index contributed by atoms with van der Waals surface area (Å²) < 4.78 is 7.92. The fourth-order valence-electron chi connectivity index (χ4n) is 5.74. The van der Waals surface area contributed by atoms with Gasteiger partial charge in [0.25, 0.3) is 0 Å². The van der Waals surface area contributed by atoms with Crippen molar-refractivity contribution >= 4 is 18.4 Å². The van der Waals surface area contributed by atoms with Crippen LogP contribution in [0.2, 0.25) is 17.7 Å². The molecule has 0 aromatic heterocycles. The van der Waals surface area contributed by atoms with Crippen LogP contribution in [0.4, 0.5) is 0 Å². The van der Waals surface area contributed by atoms with Gasteiger partial charge in [0.1, 0.15) is 0 Å². The Morgan fingerprint density at radius 1 is 0.342 bits per heavy atom. The average Bonchev–Trinajstić information content (AvgIpc) is 2.88. The Balaban J connectivity index is -0.000000636. The van der Waals surface area contributed by atoms with Crippen LogP contribution in [-0.2, 0) is 0 Å². The van der Waals surface area contributed by atoms with E-state index >= 15 is 0 Å². The zero-order valence-corrected chi connectivity index (χ0v) is 32.0. The first-order valence-corrected chi connectivity index (χ1v) is 25.7. The van der Waals surface area contributed by atoms with E-state index in [1.54, 1.807) is 17.7 Å². The van der Waals surface area contributed by atoms with Gasteiger partial charge in [-0.25, -0.2) is 0 Å². The molecule has 0 spiro atoms. The Kier molecular flexibility index (Phi) is 37.3. The molecule has 0 fully saturated rings. The molecule has 0 aliphatic carbocycles. The molecular formula is C35H78ClNSn. The van der Waals surface area contributed by atoms with Crippen LogP contribution in [0.3, 0.4) is 0 Å². The molecule has 0 bridgehead atoms. The third-order valence-electron chi connectivity index (χ3n) is 8.43. The minimum atomic E-state index is -1.69. The molecule has 0 amide bonds. The molecule has 0 heterocycles. The summed E-state index contributed by atoms with van der Waals surface area (Å²) >= 11 is -1.69. The molecule has 0 saturated carbocycles. The molecule has 0 aliphatic rings. The molecule has 0 radical (unpaired) electrons. The fourth-order valence-corrected chi connectivity index (χ4v) is 22.6. The van der Waals surface area contributed by atoms with Gasteiger partial charge in [-0.15, -0.1) is 0 Å². The maximum Gasteiger partial charge on any atom is -1.00 e. The maximum atomic E-state index is 2.37. The van der Waals surface area contributed by atoms with Crippen molar-refractivity contribution in [1.82, 2.24) is 0 Å². The number of nitrogens with zero attached hydrogens (tertiary/aromatic N) is 1. The molecule has 0 unspecified atom stereocenters. The fraction of sp³-hybridized carbons (Fsp3) is 1.00. The van der Waals surface area contributed by atoms with Gasteiger partial charge < -0.3 is 16.9 Å². The molecular weight excluding hydrogens is 589 g/mol. The molecule has 0 atom stereocenters. The standard InChI is InChI=1S/C19H42N.4C4H9.ClH.Sn/c1-5-6-7-8-9-10-11-12-13-14-15-16-17-18-19-20(2,3)4;4*1-3-4-2;;/h5-19H2,1-4H3;4*1,3-4H2,2H3;1H;/q+1;;;;;;/p-1. The van der Waals surface area contributed by atoms with Gasteiger partial charge in [0.2, 0.25) is 0 Å². The van der Waals surface area contributed by atoms with Crippen molar-refractivity contribution in [3.8, 4) is 0 Å². The smallest absolute Gasteiger partial charge is 1.00 e. The normalized spacial score (nSPS) is 11.7. The van der Waals surface area contributed by atoms with Crippen molar-refractivity contribution in [3.63, 3.8) is 0 Å². The summed E-state index contributed by atoms with van der Waals surface area (Å²) in [6.07, 6.45) is 32.2. The number of rotatable bonds is 27. The van der Waals surface area contributed by atoms with Gasteiger partial charge in [-0.2, -0.15) is 0 Å². The van der Waals surface area contributed by atoms with E-state index in [2.05, 4.69) is 55.8 Å². The number of hydrogen-bond donors (Lipinski definition) is 0. The third kappa shape index (κ3) is 33.3. The van der Waals surface area contributed by atoms with Crippen molar-refractivity contribution < 1.29 is 16.9 Å². The molecule has 0 aliphatic heterocycles. The van der Waals surface area contributed by atoms with Crippen molar-refractivity contribution in [1.29, 1.82) is 0 Å². The number of unbranched alkanes of at least 4 members (excludes halogenated alkanes) is 17. The zero-order valence-electron chi connectivity index (χ0n) is 28.4. The average molecular weight is 667 g/mol. The van der Waals surface area contributed by atoms with Crippen LogP contribution >= 0.6 is 0 Å².